The third-order valence-corrected chi connectivity index (χ3v) is 8.45. The molecule has 2 aliphatic rings. The van der Waals surface area contributed by atoms with Crippen molar-refractivity contribution in [1.82, 2.24) is 26.1 Å². The van der Waals surface area contributed by atoms with Crippen LogP contribution in [0.25, 0.3) is 0 Å². The molecule has 1 aromatic heterocycles. The number of aliphatic carboxylic acids is 1. The summed E-state index contributed by atoms with van der Waals surface area (Å²) < 4.78 is 0. The van der Waals surface area contributed by atoms with Gasteiger partial charge >= 0.3 is 5.97 Å². The number of aromatic nitrogens is 1. The van der Waals surface area contributed by atoms with Crippen molar-refractivity contribution >= 4 is 75.1 Å². The molecule has 0 spiro atoms. The third kappa shape index (κ3) is 6.45. The zero-order valence-electron chi connectivity index (χ0n) is 22.3. The molecule has 43 heavy (non-hydrogen) atoms. The number of hydrogen-bond acceptors (Lipinski definition) is 13. The van der Waals surface area contributed by atoms with E-state index in [0.29, 0.717) is 5.57 Å². The van der Waals surface area contributed by atoms with Gasteiger partial charge in [-0.05, 0) is 37.6 Å². The van der Waals surface area contributed by atoms with Crippen molar-refractivity contribution in [3.8, 4) is 11.5 Å². The van der Waals surface area contributed by atoms with Gasteiger partial charge in [0.1, 0.15) is 22.8 Å². The summed E-state index contributed by atoms with van der Waals surface area (Å²) in [7, 11) is 0. The molecule has 1 saturated heterocycles. The molecule has 0 aliphatic carbocycles. The maximum Gasteiger partial charge on any atom is 0.352 e. The number of oxime groups is 1. The van der Waals surface area contributed by atoms with Crippen LogP contribution in [0.2, 0.25) is 0 Å². The predicted molar refractivity (Wildman–Crippen MR) is 154 cm³/mol. The van der Waals surface area contributed by atoms with Gasteiger partial charge in [0.05, 0.1) is 0 Å². The molecule has 2 aliphatic heterocycles. The molecule has 2 atom stereocenters. The second kappa shape index (κ2) is 12.4. The molecule has 3 heterocycles. The minimum atomic E-state index is -1.78. The van der Waals surface area contributed by atoms with Gasteiger partial charge < -0.3 is 31.2 Å². The number of hydrogen-bond donors (Lipinski definition) is 7. The lowest BCUT2D eigenvalue weighted by Gasteiger charge is -2.49. The van der Waals surface area contributed by atoms with E-state index in [1.165, 1.54) is 37.1 Å². The monoisotopic (exact) mass is 653 g/mol. The highest BCUT2D eigenvalue weighted by Crippen LogP contribution is 2.40. The molecule has 1 fully saturated rings. The average Bonchev–Trinajstić information content (AvgIpc) is 3.40. The van der Waals surface area contributed by atoms with Crippen LogP contribution in [0.4, 0.5) is 5.13 Å². The Morgan fingerprint density at radius 3 is 2.56 bits per heavy atom. The number of aromatic hydroxyl groups is 2. The number of phenolic OH excluding ortho intramolecular Hbond substituents is 2. The first kappa shape index (κ1) is 31.4. The van der Waals surface area contributed by atoms with Crippen LogP contribution in [0.15, 0.2) is 40.0 Å². The predicted octanol–water partition coefficient (Wildman–Crippen LogP) is 0.0744. The number of carboxylic acids is 1. The SMILES string of the molecule is CC(C)(ON=C(C(=O)NC1C(=O)N2C(C(=O)O)=C(CCl)CS[C@@H]12)c1csc(N)n1)C(=O)NNC(=O)c1ccc(O)c(O)c1. The maximum atomic E-state index is 13.3. The van der Waals surface area contributed by atoms with Gasteiger partial charge in [-0.15, -0.1) is 34.7 Å². The summed E-state index contributed by atoms with van der Waals surface area (Å²) in [5, 5.41) is 35.7. The molecule has 228 valence electrons. The fourth-order valence-electron chi connectivity index (χ4n) is 3.80. The fourth-order valence-corrected chi connectivity index (χ4v) is 6.03. The number of carboxylic acid groups (broad SMARTS) is 1. The normalized spacial score (nSPS) is 18.3. The van der Waals surface area contributed by atoms with E-state index in [-0.39, 0.29) is 33.7 Å². The van der Waals surface area contributed by atoms with Gasteiger partial charge in [-0.25, -0.2) is 9.78 Å². The number of anilines is 1. The van der Waals surface area contributed by atoms with Crippen LogP contribution >= 0.6 is 34.7 Å². The number of thioether (sulfide) groups is 1. The first-order valence-corrected chi connectivity index (χ1v) is 14.6. The van der Waals surface area contributed by atoms with Gasteiger partial charge in [-0.2, -0.15) is 0 Å². The number of hydrazine groups is 1. The maximum absolute atomic E-state index is 13.3. The topological polar surface area (TPSA) is 246 Å². The summed E-state index contributed by atoms with van der Waals surface area (Å²) in [4.78, 5) is 73.5. The van der Waals surface area contributed by atoms with Crippen molar-refractivity contribution in [2.45, 2.75) is 30.9 Å². The number of alkyl halides is 1. The molecule has 0 saturated carbocycles. The molecular formula is C24H24ClN7O9S2. The molecule has 2 aromatic rings. The quantitative estimate of drug-likeness (QED) is 0.0625. The van der Waals surface area contributed by atoms with E-state index in [0.717, 1.165) is 28.4 Å². The summed E-state index contributed by atoms with van der Waals surface area (Å²) >= 11 is 8.07. The lowest BCUT2D eigenvalue weighted by atomic mass is 10.0. The van der Waals surface area contributed by atoms with Gasteiger partial charge in [-0.1, -0.05) is 5.16 Å². The number of nitrogen functional groups attached to an aromatic ring is 1. The summed E-state index contributed by atoms with van der Waals surface area (Å²) in [5.74, 6) is -5.41. The van der Waals surface area contributed by atoms with Crippen molar-refractivity contribution in [3.63, 3.8) is 0 Å². The number of phenols is 2. The van der Waals surface area contributed by atoms with E-state index in [4.69, 9.17) is 22.2 Å². The lowest BCUT2D eigenvalue weighted by molar-refractivity contribution is -0.150. The van der Waals surface area contributed by atoms with Crippen LogP contribution in [0.1, 0.15) is 29.9 Å². The van der Waals surface area contributed by atoms with Gasteiger partial charge in [-0.3, -0.25) is 34.9 Å². The molecule has 4 amide bonds. The fraction of sp³-hybridized carbons (Fsp3) is 0.292. The van der Waals surface area contributed by atoms with E-state index >= 15 is 0 Å². The number of β-lactam (4-membered cyclic amide) rings is 1. The largest absolute Gasteiger partial charge is 0.504 e. The number of carbonyl (C=O) groups excluding carboxylic acids is 4. The van der Waals surface area contributed by atoms with Gasteiger partial charge in [0.2, 0.25) is 5.60 Å². The summed E-state index contributed by atoms with van der Waals surface area (Å²) in [6.45, 7) is 2.57. The highest BCUT2D eigenvalue weighted by molar-refractivity contribution is 8.00. The Balaban J connectivity index is 1.46. The molecule has 16 nitrogen and oxygen atoms in total. The minimum absolute atomic E-state index is 0.0212. The van der Waals surface area contributed by atoms with Crippen molar-refractivity contribution in [2.75, 3.05) is 17.4 Å². The summed E-state index contributed by atoms with van der Waals surface area (Å²) in [6, 6.07) is 2.18. The summed E-state index contributed by atoms with van der Waals surface area (Å²) in [6.07, 6.45) is 0. The third-order valence-electron chi connectivity index (χ3n) is 6.12. The first-order chi connectivity index (χ1) is 20.2. The summed E-state index contributed by atoms with van der Waals surface area (Å²) in [5.41, 5.74) is 7.82. The van der Waals surface area contributed by atoms with Crippen LogP contribution in [-0.2, 0) is 24.0 Å². The first-order valence-electron chi connectivity index (χ1n) is 12.1. The Morgan fingerprint density at radius 2 is 1.95 bits per heavy atom. The molecule has 8 N–H and O–H groups in total. The molecule has 1 aromatic carbocycles. The Hall–Kier alpha value is -4.55. The number of halogens is 1. The number of carbonyl (C=O) groups is 5. The standard InChI is InChI=1S/C24H24ClN7O9S2/c1-24(2,22(40)30-29-17(35)9-3-4-12(33)13(34)5-9)41-31-14(11-8-43-23(26)27-11)18(36)28-15-19(37)32-16(21(38)39)10(6-25)7-42-20(15)32/h3-5,8,15,20,33-34H,6-7H2,1-2H3,(H2,26,27)(H,28,36)(H,29,35)(H,30,40)(H,38,39)/t15?,20-/m0/s1. The molecule has 1 unspecified atom stereocenters. The van der Waals surface area contributed by atoms with E-state index in [1.54, 1.807) is 0 Å². The zero-order valence-corrected chi connectivity index (χ0v) is 24.7. The van der Waals surface area contributed by atoms with Crippen LogP contribution in [0.3, 0.4) is 0 Å². The molecule has 0 radical (unpaired) electrons. The number of nitrogens with one attached hydrogen (secondary N) is 3. The number of nitrogens with zero attached hydrogens (tertiary/aromatic N) is 3. The van der Waals surface area contributed by atoms with E-state index in [9.17, 15) is 39.3 Å². The van der Waals surface area contributed by atoms with Crippen LogP contribution < -0.4 is 21.9 Å². The second-order valence-electron chi connectivity index (χ2n) is 9.48. The smallest absolute Gasteiger partial charge is 0.352 e. The van der Waals surface area contributed by atoms with Crippen molar-refractivity contribution < 1.29 is 44.1 Å². The van der Waals surface area contributed by atoms with Crippen LogP contribution in [-0.4, -0.2) is 89.2 Å². The Morgan fingerprint density at radius 1 is 1.23 bits per heavy atom. The number of fused-ring (bicyclic) bond motifs is 1. The van der Waals surface area contributed by atoms with Crippen molar-refractivity contribution in [2.24, 2.45) is 5.16 Å². The Labute approximate surface area is 255 Å². The van der Waals surface area contributed by atoms with E-state index in [1.807, 2.05) is 0 Å². The highest BCUT2D eigenvalue weighted by atomic mass is 35.5. The van der Waals surface area contributed by atoms with Gasteiger partial charge in [0, 0.05) is 22.6 Å². The van der Waals surface area contributed by atoms with Crippen molar-refractivity contribution in [3.05, 3.63) is 46.1 Å². The lowest BCUT2D eigenvalue weighted by Crippen LogP contribution is -2.71. The number of thiazole rings is 1. The highest BCUT2D eigenvalue weighted by Gasteiger charge is 2.54. The van der Waals surface area contributed by atoms with E-state index in [2.05, 4.69) is 26.3 Å². The Bertz CT molecular complexity index is 1580. The Kier molecular flexibility index (Phi) is 9.02. The van der Waals surface area contributed by atoms with Crippen molar-refractivity contribution in [1.29, 1.82) is 0 Å². The molecular weight excluding hydrogens is 630 g/mol. The van der Waals surface area contributed by atoms with E-state index < -0.39 is 63.8 Å². The minimum Gasteiger partial charge on any atom is -0.504 e. The molecule has 19 heteroatoms. The van der Waals surface area contributed by atoms with Gasteiger partial charge in [0.25, 0.3) is 23.6 Å². The molecule has 0 bridgehead atoms. The van der Waals surface area contributed by atoms with Crippen LogP contribution in [0, 0.1) is 0 Å². The number of benzene rings is 1. The average molecular weight is 654 g/mol. The number of rotatable bonds is 9. The number of amides is 4. The second-order valence-corrected chi connectivity index (χ2v) is 11.7. The van der Waals surface area contributed by atoms with Crippen LogP contribution in [0.5, 0.6) is 11.5 Å². The zero-order chi connectivity index (χ0) is 31.6. The van der Waals surface area contributed by atoms with Gasteiger partial charge in [0.15, 0.2) is 22.3 Å². The number of nitrogens with two attached hydrogens (primary N) is 1. The molecule has 4 rings (SSSR count).